The lowest BCUT2D eigenvalue weighted by Crippen LogP contribution is -2.19. The van der Waals surface area contributed by atoms with Crippen molar-refractivity contribution in [1.29, 1.82) is 0 Å². The molecule has 1 aliphatic carbocycles. The second kappa shape index (κ2) is 9.20. The van der Waals surface area contributed by atoms with Crippen molar-refractivity contribution in [3.05, 3.63) is 91.3 Å². The first-order chi connectivity index (χ1) is 15.6. The van der Waals surface area contributed by atoms with Gasteiger partial charge in [-0.3, -0.25) is 14.4 Å². The van der Waals surface area contributed by atoms with E-state index >= 15 is 0 Å². The maximum absolute atomic E-state index is 12.9. The molecule has 0 saturated heterocycles. The molecule has 3 aromatic rings. The molecule has 0 bridgehead atoms. The van der Waals surface area contributed by atoms with E-state index in [1.807, 2.05) is 0 Å². The van der Waals surface area contributed by atoms with Gasteiger partial charge in [-0.2, -0.15) is 0 Å². The minimum atomic E-state index is -1.33. The number of nitrogens with one attached hydrogen (secondary N) is 3. The minimum Gasteiger partial charge on any atom is -0.326 e. The van der Waals surface area contributed by atoms with Gasteiger partial charge in [-0.25, -0.2) is 0 Å². The summed E-state index contributed by atoms with van der Waals surface area (Å²) >= 11 is 31.1. The van der Waals surface area contributed by atoms with E-state index in [-0.39, 0.29) is 16.4 Å². The van der Waals surface area contributed by atoms with Crippen LogP contribution in [0.25, 0.3) is 0 Å². The molecular weight excluding hydrogens is 532 g/mol. The molecule has 0 aliphatic heterocycles. The van der Waals surface area contributed by atoms with Gasteiger partial charge in [0.15, 0.2) is 0 Å². The van der Waals surface area contributed by atoms with Gasteiger partial charge in [-0.1, -0.05) is 40.9 Å². The lowest BCUT2D eigenvalue weighted by molar-refractivity contribution is -0.117. The van der Waals surface area contributed by atoms with Crippen LogP contribution in [-0.2, 0) is 4.79 Å². The number of pyridine rings is 1. The number of carbonyl (C=O) groups excluding carboxylic acids is 2. The van der Waals surface area contributed by atoms with Crippen molar-refractivity contribution in [3.63, 3.8) is 0 Å². The van der Waals surface area contributed by atoms with Gasteiger partial charge in [-0.05, 0) is 48.0 Å². The summed E-state index contributed by atoms with van der Waals surface area (Å²) in [5.74, 6) is -2.25. The van der Waals surface area contributed by atoms with Gasteiger partial charge >= 0.3 is 0 Å². The summed E-state index contributed by atoms with van der Waals surface area (Å²) in [5.41, 5.74) is 0.892. The van der Waals surface area contributed by atoms with E-state index in [9.17, 15) is 14.4 Å². The number of alkyl halides is 2. The zero-order chi connectivity index (χ0) is 23.9. The van der Waals surface area contributed by atoms with Gasteiger partial charge in [-0.15, -0.1) is 23.2 Å². The lowest BCUT2D eigenvalue weighted by atomic mass is 10.1. The number of amides is 2. The third kappa shape index (κ3) is 5.15. The molecule has 2 atom stereocenters. The van der Waals surface area contributed by atoms with Crippen molar-refractivity contribution in [2.24, 2.45) is 5.92 Å². The Kier molecular flexibility index (Phi) is 6.67. The molecule has 1 heterocycles. The average molecular weight is 546 g/mol. The summed E-state index contributed by atoms with van der Waals surface area (Å²) in [7, 11) is 0. The first kappa shape index (κ1) is 23.9. The third-order valence-electron chi connectivity index (χ3n) is 5.08. The van der Waals surface area contributed by atoms with E-state index in [1.165, 1.54) is 30.3 Å². The van der Waals surface area contributed by atoms with Crippen molar-refractivity contribution >= 4 is 81.2 Å². The van der Waals surface area contributed by atoms with Crippen LogP contribution in [0.15, 0.2) is 59.4 Å². The topological polar surface area (TPSA) is 91.1 Å². The van der Waals surface area contributed by atoms with Crippen molar-refractivity contribution in [2.45, 2.75) is 10.3 Å². The van der Waals surface area contributed by atoms with Gasteiger partial charge < -0.3 is 15.6 Å². The zero-order valence-electron chi connectivity index (χ0n) is 16.5. The fraction of sp³-hybridized carbons (Fsp3) is 0.136. The normalized spacial score (nSPS) is 18.5. The molecule has 33 heavy (non-hydrogen) atoms. The van der Waals surface area contributed by atoms with Crippen LogP contribution in [0, 0.1) is 5.92 Å². The first-order valence-corrected chi connectivity index (χ1v) is 11.4. The van der Waals surface area contributed by atoms with Gasteiger partial charge in [0.25, 0.3) is 5.91 Å². The van der Waals surface area contributed by atoms with Crippen LogP contribution in [0.1, 0.15) is 22.0 Å². The van der Waals surface area contributed by atoms with Crippen molar-refractivity contribution in [3.8, 4) is 0 Å². The largest absolute Gasteiger partial charge is 0.326 e. The van der Waals surface area contributed by atoms with Crippen molar-refractivity contribution in [2.75, 3.05) is 10.6 Å². The molecule has 0 unspecified atom stereocenters. The summed E-state index contributed by atoms with van der Waals surface area (Å²) in [5, 5.41) is 6.39. The molecule has 1 aliphatic rings. The zero-order valence-corrected chi connectivity index (χ0v) is 20.2. The van der Waals surface area contributed by atoms with Crippen molar-refractivity contribution in [1.82, 2.24) is 4.98 Å². The fourth-order valence-electron chi connectivity index (χ4n) is 3.51. The van der Waals surface area contributed by atoms with Crippen LogP contribution in [0.3, 0.4) is 0 Å². The number of aromatic amines is 1. The maximum Gasteiger partial charge on any atom is 0.272 e. The standard InChI is InChI=1S/C22H14Cl5N3O3/c23-11-6-10(7-12(24)8-11)18-19(22(18,26)27)21(33)28-13-4-5-14(25)16(9-13)30-20(32)15-2-1-3-17(31)29-15/h1-9,18-19H,(H,28,33)(H,29,31)(H,30,32)/t18-,19+/m0/s1. The minimum absolute atomic E-state index is 0.0584. The Bertz CT molecular complexity index is 1300. The number of anilines is 2. The molecule has 1 aromatic heterocycles. The molecule has 2 aromatic carbocycles. The Morgan fingerprint density at radius 2 is 1.61 bits per heavy atom. The molecule has 0 radical (unpaired) electrons. The third-order valence-corrected chi connectivity index (χ3v) is 6.78. The van der Waals surface area contributed by atoms with Crippen LogP contribution >= 0.6 is 58.0 Å². The van der Waals surface area contributed by atoms with E-state index in [2.05, 4.69) is 15.6 Å². The molecular formula is C22H14Cl5N3O3. The molecule has 6 nitrogen and oxygen atoms in total. The Morgan fingerprint density at radius 1 is 0.909 bits per heavy atom. The number of carbonyl (C=O) groups is 2. The van der Waals surface area contributed by atoms with Gasteiger partial charge in [0, 0.05) is 27.7 Å². The van der Waals surface area contributed by atoms with Gasteiger partial charge in [0.1, 0.15) is 10.0 Å². The molecule has 2 amide bonds. The summed E-state index contributed by atoms with van der Waals surface area (Å²) in [4.78, 5) is 39.2. The van der Waals surface area contributed by atoms with Crippen LogP contribution in [0.2, 0.25) is 15.1 Å². The second-order valence-corrected chi connectivity index (χ2v) is 10.1. The molecule has 170 valence electrons. The summed E-state index contributed by atoms with van der Waals surface area (Å²) < 4.78 is -1.33. The smallest absolute Gasteiger partial charge is 0.272 e. The van der Waals surface area contributed by atoms with E-state index in [0.29, 0.717) is 21.3 Å². The van der Waals surface area contributed by atoms with Gasteiger partial charge in [0.2, 0.25) is 11.5 Å². The van der Waals surface area contributed by atoms with E-state index < -0.39 is 33.5 Å². The number of H-pyrrole nitrogens is 1. The van der Waals surface area contributed by atoms with Gasteiger partial charge in [0.05, 0.1) is 16.6 Å². The number of aromatic nitrogens is 1. The summed E-state index contributed by atoms with van der Waals surface area (Å²) in [6, 6.07) is 13.6. The summed E-state index contributed by atoms with van der Waals surface area (Å²) in [6.07, 6.45) is 0. The number of rotatable bonds is 5. The molecule has 4 rings (SSSR count). The second-order valence-electron chi connectivity index (χ2n) is 7.40. The predicted octanol–water partition coefficient (Wildman–Crippen LogP) is 6.11. The first-order valence-electron chi connectivity index (χ1n) is 9.51. The maximum atomic E-state index is 12.9. The Hall–Kier alpha value is -2.22. The highest BCUT2D eigenvalue weighted by Crippen LogP contribution is 2.65. The van der Waals surface area contributed by atoms with E-state index in [1.54, 1.807) is 24.3 Å². The summed E-state index contributed by atoms with van der Waals surface area (Å²) in [6.45, 7) is 0. The van der Waals surface area contributed by atoms with Crippen LogP contribution in [0.4, 0.5) is 11.4 Å². The Morgan fingerprint density at radius 3 is 2.27 bits per heavy atom. The van der Waals surface area contributed by atoms with E-state index in [4.69, 9.17) is 58.0 Å². The number of benzene rings is 2. The van der Waals surface area contributed by atoms with Crippen LogP contribution in [-0.4, -0.2) is 21.1 Å². The Labute approximate surface area is 213 Å². The van der Waals surface area contributed by atoms with Crippen molar-refractivity contribution < 1.29 is 9.59 Å². The molecule has 0 spiro atoms. The molecule has 1 fully saturated rings. The van der Waals surface area contributed by atoms with E-state index in [0.717, 1.165) is 0 Å². The monoisotopic (exact) mass is 543 g/mol. The highest BCUT2D eigenvalue weighted by atomic mass is 35.5. The quantitative estimate of drug-likeness (QED) is 0.338. The average Bonchev–Trinajstić information content (AvgIpc) is 3.32. The van der Waals surface area contributed by atoms with Crippen LogP contribution < -0.4 is 16.2 Å². The molecule has 3 N–H and O–H groups in total. The fourth-order valence-corrected chi connectivity index (χ4v) is 5.05. The SMILES string of the molecule is O=C(Nc1cc(NC(=O)[C@H]2[C@H](c3cc(Cl)cc(Cl)c3)C2(Cl)Cl)ccc1Cl)c1cccc(=O)[nH]1. The predicted molar refractivity (Wildman–Crippen MR) is 132 cm³/mol. The Balaban J connectivity index is 1.51. The number of hydrogen-bond donors (Lipinski definition) is 3. The van der Waals surface area contributed by atoms with Crippen LogP contribution in [0.5, 0.6) is 0 Å². The highest BCUT2D eigenvalue weighted by molar-refractivity contribution is 6.53. The molecule has 11 heteroatoms. The highest BCUT2D eigenvalue weighted by Gasteiger charge is 2.67. The number of hydrogen-bond acceptors (Lipinski definition) is 3. The molecule has 1 saturated carbocycles. The lowest BCUT2D eigenvalue weighted by Gasteiger charge is -2.11. The number of halogens is 5.